The van der Waals surface area contributed by atoms with Crippen LogP contribution in [-0.2, 0) is 10.8 Å². The maximum absolute atomic E-state index is 5.00. The molecular weight excluding hydrogens is 1760 g/mol. The van der Waals surface area contributed by atoms with Crippen molar-refractivity contribution in [3.05, 3.63) is 506 Å². The van der Waals surface area contributed by atoms with Gasteiger partial charge in [-0.15, -0.1) is 0 Å². The molecular formula is C142H178N4. The third kappa shape index (κ3) is 20.7. The zero-order chi connectivity index (χ0) is 141. The third-order valence-electron chi connectivity index (χ3n) is 29.9. The molecule has 22 aromatic rings. The van der Waals surface area contributed by atoms with E-state index in [4.69, 9.17) is 59.4 Å². The van der Waals surface area contributed by atoms with E-state index in [0.29, 0.717) is 10.8 Å². The van der Waals surface area contributed by atoms with Crippen molar-refractivity contribution >= 4 is 156 Å². The first-order valence-corrected chi connectivity index (χ1v) is 51.9. The van der Waals surface area contributed by atoms with Gasteiger partial charge in [-0.2, -0.15) is 0 Å². The van der Waals surface area contributed by atoms with Crippen LogP contribution in [0.15, 0.2) is 461 Å². The summed E-state index contributed by atoms with van der Waals surface area (Å²) in [5.74, 6) is 0. The minimum absolute atomic E-state index is 0. The quantitative estimate of drug-likeness (QED) is 0.0441. The number of nitrogens with zero attached hydrogens (tertiary/aromatic N) is 4. The van der Waals surface area contributed by atoms with Gasteiger partial charge in [-0.05, 0) is 339 Å². The molecule has 22 aromatic carbocycles. The van der Waals surface area contributed by atoms with E-state index in [2.05, 4.69) is 590 Å². The molecule has 0 heterocycles. The van der Waals surface area contributed by atoms with Crippen molar-refractivity contribution in [1.82, 2.24) is 0 Å². The fraction of sp³-hybridized carbons (Fsp3) is 0.155. The summed E-state index contributed by atoms with van der Waals surface area (Å²) in [4.78, 5) is 9.68. The summed E-state index contributed by atoms with van der Waals surface area (Å²) in [7, 11) is 0. The van der Waals surface area contributed by atoms with Crippen LogP contribution in [0.2, 0.25) is 0 Å². The Labute approximate surface area is 932 Å². The van der Waals surface area contributed by atoms with Crippen molar-refractivity contribution in [3.63, 3.8) is 0 Å². The lowest BCUT2D eigenvalue weighted by Crippen LogP contribution is -2.20. The molecule has 0 aliphatic carbocycles. The monoisotopic (exact) mass is 1980 g/mol. The molecule has 0 atom stereocenters. The standard InChI is InChI=1S/C88H90N2.C54H38N2.25H2/c1-59-23-49-81(61(3)55-59)89(73-45-37-69(38-46-73)65-29-25-63(26-30-65)67-33-41-71(42-34-67)87(11,12)53-51-85(5,6)7)83-57-79-76-20-16-18-22-78(76)84(58-80(79)75-19-15-17-21-77(75)83)90(82-50-24-60(2)56-62(82)4)74-47-39-70(40-48-74)66-31-27-64(28-32-66)68-35-43-72(44-36-68)88(13,14)54-52-86(8,9)10;1-5-13-45-35-51(31-23-41(45)9-1)55(52-32-24-42-10-2-6-14-46(42)36-52)49-27-19-39(20-28-49)17-18-40-21-29-50(30-22-40)56(53-33-25-43-11-3-7-15-47(43)37-53)54-34-26-44-12-4-8-16-48(44)38-54;;;;;;;;;;;;;;;;;;;;;;;;;/h15-50,55-58H,51-54H2,1-14H3;1-38H;25*1H/b;18-17+;;;;;;;;;;;;;;;;;;;;;;;;;/i;;20*1+1D;5*1+1. The fourth-order valence-electron chi connectivity index (χ4n) is 21.2. The number of hydrogen-bond acceptors (Lipinski definition) is 4. The minimum atomic E-state index is 0. The van der Waals surface area contributed by atoms with E-state index < -0.39 is 0 Å². The van der Waals surface area contributed by atoms with Crippen LogP contribution in [0.25, 0.3) is 132 Å². The van der Waals surface area contributed by atoms with Crippen molar-refractivity contribution in [2.24, 2.45) is 10.8 Å². The summed E-state index contributed by atoms with van der Waals surface area (Å²) in [5.41, 5.74) is 34.2. The van der Waals surface area contributed by atoms with Crippen LogP contribution in [0.1, 0.15) is 206 Å². The van der Waals surface area contributed by atoms with E-state index in [9.17, 15) is 0 Å². The zero-order valence-electron chi connectivity index (χ0n) is 127. The summed E-state index contributed by atoms with van der Waals surface area (Å²) in [6.07, 6.45) is 9.12. The van der Waals surface area contributed by atoms with E-state index in [-0.39, 0.29) is 18.0 Å². The van der Waals surface area contributed by atoms with Gasteiger partial charge in [-0.1, -0.05) is 432 Å². The maximum Gasteiger partial charge on any atom is 0.0546 e. The first-order valence-electron chi connectivity index (χ1n) is 71.9. The number of benzene rings is 22. The Balaban J connectivity index is -0.000000984. The molecule has 0 N–H and O–H groups in total. The lowest BCUT2D eigenvalue weighted by molar-refractivity contribution is 0.315. The highest BCUT2D eigenvalue weighted by atomic mass is 15.2. The van der Waals surface area contributed by atoms with E-state index in [0.717, 1.165) is 79.4 Å². The number of rotatable bonds is 24. The Kier molecular flexibility index (Phi) is 20.6. The van der Waals surface area contributed by atoms with Crippen molar-refractivity contribution < 1.29 is 66.5 Å². The highest BCUT2D eigenvalue weighted by molar-refractivity contribution is 6.25. The SMILES string of the molecule is C(=C\c1ccc(N(c2ccc3ccccc3c2)c2ccc3ccccc3c2)cc1)/c1ccc(N(c2ccc3ccccc3c2)c2ccc3ccccc3c2)cc1.Cc1ccc(N(c2ccc(-c3ccc(-c4ccc(C(C)(C)CCC(C)(C)C)cc4)cc3)cc2)c2cc3c4ccccc4c(N(c4ccc(-c5ccc(-c6ccc(C(C)(C)CCC(C)(C)C)cc6)cc5)cc4)c4ccc(C)cc4C)cc3c3ccccc23)c(C)c1.[2HH].[2HH].[2HH].[2HH].[2HH].[2H][2H].[2H][2H].[2H][2H].[2H][2H].[2H][2H].[2H][2H].[2H][2H].[2H][2H].[2H][2H].[2H][2H].[2H][2H].[2H][2H].[2H][2H].[2H][2H].[2H][2H].[2H][2H].[2H][2H].[2H][2H].[2H][2H].[2H][2H]. The molecule has 766 valence electrons. The largest absolute Gasteiger partial charge is 0.310 e. The highest BCUT2D eigenvalue weighted by Crippen LogP contribution is 2.52. The Hall–Kier alpha value is -16.4. The van der Waals surface area contributed by atoms with E-state index >= 15 is 0 Å². The van der Waals surface area contributed by atoms with Gasteiger partial charge in [-0.25, -0.2) is 0 Å². The summed E-state index contributed by atoms with van der Waals surface area (Å²) in [6.45, 7) is 32.4. The van der Waals surface area contributed by atoms with Crippen LogP contribution in [0.4, 0.5) is 68.2 Å². The summed E-state index contributed by atoms with van der Waals surface area (Å²) in [6, 6.07) is 171. The van der Waals surface area contributed by atoms with Crippen molar-refractivity contribution in [1.29, 1.82) is 0 Å². The number of fused-ring (bicyclic) bond motifs is 9. The van der Waals surface area contributed by atoms with Gasteiger partial charge < -0.3 is 19.6 Å². The van der Waals surface area contributed by atoms with Gasteiger partial charge in [0.2, 0.25) is 0 Å². The second kappa shape index (κ2) is 40.4. The third-order valence-corrected chi connectivity index (χ3v) is 29.9. The minimum Gasteiger partial charge on any atom is -0.310 e. The predicted molar refractivity (Wildman–Crippen MR) is 687 cm³/mol. The maximum atomic E-state index is 5.00. The summed E-state index contributed by atoms with van der Waals surface area (Å²) < 4.78 is 200. The number of hydrogen-bond donors (Lipinski definition) is 0. The molecule has 0 unspecified atom stereocenters. The van der Waals surface area contributed by atoms with Crippen molar-refractivity contribution in [2.45, 2.75) is 133 Å². The van der Waals surface area contributed by atoms with Crippen molar-refractivity contribution in [3.8, 4) is 44.5 Å². The second-order valence-electron chi connectivity index (χ2n) is 43.8. The lowest BCUT2D eigenvalue weighted by Gasteiger charge is -2.31. The smallest absolute Gasteiger partial charge is 0.0546 e. The molecule has 0 radical (unpaired) electrons. The Morgan fingerprint density at radius 2 is 0.425 bits per heavy atom. The average Bonchev–Trinajstić information content (AvgIpc) is 0.718. The molecule has 4 nitrogen and oxygen atoms in total. The van der Waals surface area contributed by atoms with Gasteiger partial charge in [-0.3, -0.25) is 0 Å². The molecule has 0 spiro atoms. The van der Waals surface area contributed by atoms with Crippen LogP contribution in [0.3, 0.4) is 0 Å². The zero-order valence-corrected chi connectivity index (χ0v) is 86.7. The van der Waals surface area contributed by atoms with Gasteiger partial charge in [0, 0.05) is 134 Å². The highest BCUT2D eigenvalue weighted by Gasteiger charge is 2.29. The van der Waals surface area contributed by atoms with E-state index in [1.54, 1.807) is 0 Å². The van der Waals surface area contributed by atoms with Crippen LogP contribution in [-0.4, -0.2) is 0 Å². The molecule has 0 aromatic heterocycles. The van der Waals surface area contributed by atoms with Crippen LogP contribution >= 0.6 is 0 Å². The Bertz CT molecular complexity index is 8040. The van der Waals surface area contributed by atoms with Crippen molar-refractivity contribution in [2.75, 3.05) is 19.6 Å². The summed E-state index contributed by atoms with van der Waals surface area (Å²) in [5, 5.41) is 17.0. The molecule has 0 bridgehead atoms. The molecule has 22 rings (SSSR count). The van der Waals surface area contributed by atoms with Crippen LogP contribution in [0.5, 0.6) is 0 Å². The molecule has 0 aliphatic heterocycles. The van der Waals surface area contributed by atoms with Gasteiger partial charge in [0.25, 0.3) is 0 Å². The molecule has 0 fully saturated rings. The van der Waals surface area contributed by atoms with Gasteiger partial charge in [0.15, 0.2) is 0 Å². The molecule has 0 saturated carbocycles. The first kappa shape index (κ1) is 74.5. The molecule has 0 amide bonds. The van der Waals surface area contributed by atoms with E-state index in [1.807, 2.05) is 0 Å². The number of anilines is 12. The molecule has 4 heteroatoms. The fourth-order valence-corrected chi connectivity index (χ4v) is 21.2. The Morgan fingerprint density at radius 3 is 0.699 bits per heavy atom. The average molecular weight is 1990 g/mol. The normalized spacial score (nSPS) is 13.1. The van der Waals surface area contributed by atoms with Gasteiger partial charge >= 0.3 is 0 Å². The Morgan fingerprint density at radius 1 is 0.192 bits per heavy atom. The molecule has 0 aliphatic rings. The molecule has 0 saturated heterocycles. The van der Waals surface area contributed by atoms with E-state index in [1.165, 1.54) is 179 Å². The lowest BCUT2D eigenvalue weighted by atomic mass is 9.76. The second-order valence-corrected chi connectivity index (χ2v) is 43.8. The number of aryl methyl sites for hydroxylation is 4. The van der Waals surface area contributed by atoms with Gasteiger partial charge in [0.05, 0.1) is 11.4 Å². The summed E-state index contributed by atoms with van der Waals surface area (Å²) >= 11 is 0. The van der Waals surface area contributed by atoms with Crippen LogP contribution < -0.4 is 19.6 Å². The van der Waals surface area contributed by atoms with Crippen LogP contribution in [0, 0.1) is 38.5 Å². The van der Waals surface area contributed by atoms with Gasteiger partial charge in [0.1, 0.15) is 0 Å². The topological polar surface area (TPSA) is 13.0 Å². The molecule has 146 heavy (non-hydrogen) atoms. The first-order chi connectivity index (χ1) is 90.7. The predicted octanol–water partition coefficient (Wildman–Crippen LogP) is 47.8.